The molecule has 0 spiro atoms. The average Bonchev–Trinajstić information content (AvgIpc) is 2.77. The zero-order valence-corrected chi connectivity index (χ0v) is 17.4. The third kappa shape index (κ3) is 4.17. The van der Waals surface area contributed by atoms with E-state index in [0.29, 0.717) is 17.4 Å². The number of anilines is 2. The van der Waals surface area contributed by atoms with E-state index in [1.165, 1.54) is 11.1 Å². The lowest BCUT2D eigenvalue weighted by Crippen LogP contribution is -2.16. The molecule has 0 radical (unpaired) electrons. The highest BCUT2D eigenvalue weighted by molar-refractivity contribution is 5.89. The van der Waals surface area contributed by atoms with E-state index in [0.717, 1.165) is 48.9 Å². The van der Waals surface area contributed by atoms with Crippen molar-refractivity contribution >= 4 is 17.6 Å². The van der Waals surface area contributed by atoms with Gasteiger partial charge in [0.2, 0.25) is 5.95 Å². The molecule has 30 heavy (non-hydrogen) atoms. The van der Waals surface area contributed by atoms with Crippen LogP contribution in [0.4, 0.5) is 11.6 Å². The first-order chi connectivity index (χ1) is 14.5. The van der Waals surface area contributed by atoms with E-state index in [2.05, 4.69) is 33.2 Å². The predicted octanol–water partition coefficient (Wildman–Crippen LogP) is 4.70. The molecular weight excluding hydrogens is 376 g/mol. The van der Waals surface area contributed by atoms with Gasteiger partial charge >= 0.3 is 5.97 Å². The van der Waals surface area contributed by atoms with E-state index in [1.54, 1.807) is 18.5 Å². The second-order valence-electron chi connectivity index (χ2n) is 7.97. The molecule has 0 fully saturated rings. The Labute approximate surface area is 176 Å². The molecule has 2 heterocycles. The number of fused-ring (bicyclic) bond motifs is 1. The summed E-state index contributed by atoms with van der Waals surface area (Å²) in [6.45, 7) is 1.98. The molecule has 0 aliphatic heterocycles. The van der Waals surface area contributed by atoms with Crippen molar-refractivity contribution in [3.8, 4) is 0 Å². The van der Waals surface area contributed by atoms with Gasteiger partial charge in [0, 0.05) is 37.5 Å². The van der Waals surface area contributed by atoms with E-state index in [1.807, 2.05) is 31.3 Å². The summed E-state index contributed by atoms with van der Waals surface area (Å²) >= 11 is 0. The van der Waals surface area contributed by atoms with E-state index in [-0.39, 0.29) is 0 Å². The van der Waals surface area contributed by atoms with Gasteiger partial charge in [-0.3, -0.25) is 4.98 Å². The molecule has 1 aliphatic carbocycles. The highest BCUT2D eigenvalue weighted by Crippen LogP contribution is 2.37. The van der Waals surface area contributed by atoms with Gasteiger partial charge in [-0.1, -0.05) is 6.07 Å². The maximum atomic E-state index is 11.5. The van der Waals surface area contributed by atoms with Crippen molar-refractivity contribution in [1.82, 2.24) is 15.0 Å². The summed E-state index contributed by atoms with van der Waals surface area (Å²) in [5.74, 6) is 0.235. The molecule has 0 saturated heterocycles. The van der Waals surface area contributed by atoms with Crippen molar-refractivity contribution in [2.45, 2.75) is 44.9 Å². The number of aromatic carboxylic acids is 1. The van der Waals surface area contributed by atoms with Gasteiger partial charge in [0.25, 0.3) is 0 Å². The first kappa shape index (κ1) is 20.0. The molecular formula is C24H26N4O2. The number of aromatic nitrogens is 3. The van der Waals surface area contributed by atoms with E-state index in [4.69, 9.17) is 0 Å². The van der Waals surface area contributed by atoms with Gasteiger partial charge in [-0.25, -0.2) is 14.8 Å². The van der Waals surface area contributed by atoms with Gasteiger partial charge in [0.15, 0.2) is 0 Å². The van der Waals surface area contributed by atoms with E-state index >= 15 is 0 Å². The maximum absolute atomic E-state index is 11.5. The van der Waals surface area contributed by atoms with Gasteiger partial charge < -0.3 is 10.0 Å². The normalized spacial score (nSPS) is 15.5. The molecule has 3 aromatic rings. The lowest BCUT2D eigenvalue weighted by Gasteiger charge is -2.27. The summed E-state index contributed by atoms with van der Waals surface area (Å²) in [6.07, 6.45) is 11.9. The molecule has 1 aliphatic rings. The number of nitrogens with zero attached hydrogens (tertiary/aromatic N) is 4. The van der Waals surface area contributed by atoms with Crippen molar-refractivity contribution in [1.29, 1.82) is 0 Å². The molecule has 4 rings (SSSR count). The Morgan fingerprint density at radius 2 is 2.00 bits per heavy atom. The molecule has 6 nitrogen and oxygen atoms in total. The SMILES string of the molecule is Cc1cnc(N(C)c2ccc3c(c2)CCC[C@H]3CCc2cnccc2C(=O)O)nc1. The van der Waals surface area contributed by atoms with Crippen LogP contribution in [0.2, 0.25) is 0 Å². The fourth-order valence-electron chi connectivity index (χ4n) is 4.25. The molecule has 0 unspecified atom stereocenters. The van der Waals surface area contributed by atoms with Crippen LogP contribution >= 0.6 is 0 Å². The minimum atomic E-state index is -0.887. The summed E-state index contributed by atoms with van der Waals surface area (Å²) in [5.41, 5.74) is 6.04. The molecule has 6 heteroatoms. The van der Waals surface area contributed by atoms with Gasteiger partial charge in [0.1, 0.15) is 0 Å². The van der Waals surface area contributed by atoms with Crippen LogP contribution in [0.1, 0.15) is 57.8 Å². The lowest BCUT2D eigenvalue weighted by atomic mass is 9.79. The summed E-state index contributed by atoms with van der Waals surface area (Å²) < 4.78 is 0. The topological polar surface area (TPSA) is 79.2 Å². The molecule has 154 valence electrons. The molecule has 1 atom stereocenters. The average molecular weight is 402 g/mol. The number of hydrogen-bond acceptors (Lipinski definition) is 5. The van der Waals surface area contributed by atoms with Gasteiger partial charge in [-0.15, -0.1) is 0 Å². The van der Waals surface area contributed by atoms with Gasteiger partial charge in [-0.2, -0.15) is 0 Å². The number of rotatable bonds is 6. The maximum Gasteiger partial charge on any atom is 0.336 e. The number of hydrogen-bond donors (Lipinski definition) is 1. The minimum absolute atomic E-state index is 0.358. The molecule has 1 aromatic carbocycles. The summed E-state index contributed by atoms with van der Waals surface area (Å²) in [6, 6.07) is 8.19. The van der Waals surface area contributed by atoms with Crippen LogP contribution in [0.25, 0.3) is 0 Å². The predicted molar refractivity (Wildman–Crippen MR) is 116 cm³/mol. The summed E-state index contributed by atoms with van der Waals surface area (Å²) in [5, 5.41) is 9.41. The van der Waals surface area contributed by atoms with Crippen molar-refractivity contribution in [2.24, 2.45) is 0 Å². The highest BCUT2D eigenvalue weighted by atomic mass is 16.4. The first-order valence-corrected chi connectivity index (χ1v) is 10.3. The number of carbonyl (C=O) groups is 1. The van der Waals surface area contributed by atoms with Crippen molar-refractivity contribution in [2.75, 3.05) is 11.9 Å². The van der Waals surface area contributed by atoms with Crippen molar-refractivity contribution < 1.29 is 9.90 Å². The van der Waals surface area contributed by atoms with Crippen LogP contribution in [-0.2, 0) is 12.8 Å². The van der Waals surface area contributed by atoms with Crippen LogP contribution in [-0.4, -0.2) is 33.1 Å². The number of carboxylic acid groups (broad SMARTS) is 1. The molecule has 1 N–H and O–H groups in total. The quantitative estimate of drug-likeness (QED) is 0.644. The Morgan fingerprint density at radius 3 is 2.77 bits per heavy atom. The zero-order valence-electron chi connectivity index (χ0n) is 17.4. The smallest absolute Gasteiger partial charge is 0.336 e. The third-order valence-electron chi connectivity index (χ3n) is 5.92. The molecule has 2 aromatic heterocycles. The number of carboxylic acids is 1. The fourth-order valence-corrected chi connectivity index (χ4v) is 4.25. The first-order valence-electron chi connectivity index (χ1n) is 10.3. The minimum Gasteiger partial charge on any atom is -0.478 e. The fraction of sp³-hybridized carbons (Fsp3) is 0.333. The Kier molecular flexibility index (Phi) is 5.74. The van der Waals surface area contributed by atoms with Crippen LogP contribution in [0.5, 0.6) is 0 Å². The largest absolute Gasteiger partial charge is 0.478 e. The lowest BCUT2D eigenvalue weighted by molar-refractivity contribution is 0.0695. The number of aryl methyl sites for hydroxylation is 3. The van der Waals surface area contributed by atoms with Gasteiger partial charge in [0.05, 0.1) is 5.56 Å². The van der Waals surface area contributed by atoms with E-state index in [9.17, 15) is 9.90 Å². The van der Waals surface area contributed by atoms with Crippen LogP contribution in [0, 0.1) is 6.92 Å². The molecule has 0 bridgehead atoms. The van der Waals surface area contributed by atoms with Crippen LogP contribution in [0.15, 0.2) is 49.1 Å². The van der Waals surface area contributed by atoms with Crippen molar-refractivity contribution in [3.05, 3.63) is 76.9 Å². The third-order valence-corrected chi connectivity index (χ3v) is 5.92. The number of pyridine rings is 1. The Morgan fingerprint density at radius 1 is 1.20 bits per heavy atom. The van der Waals surface area contributed by atoms with Gasteiger partial charge in [-0.05, 0) is 85.4 Å². The Balaban J connectivity index is 1.52. The van der Waals surface area contributed by atoms with Crippen molar-refractivity contribution in [3.63, 3.8) is 0 Å². The highest BCUT2D eigenvalue weighted by Gasteiger charge is 2.22. The second kappa shape index (κ2) is 8.61. The van der Waals surface area contributed by atoms with Crippen LogP contribution < -0.4 is 4.90 Å². The summed E-state index contributed by atoms with van der Waals surface area (Å²) in [4.78, 5) is 26.5. The number of benzene rings is 1. The Bertz CT molecular complexity index is 1050. The monoisotopic (exact) mass is 402 g/mol. The zero-order chi connectivity index (χ0) is 21.1. The second-order valence-corrected chi connectivity index (χ2v) is 7.97. The Hall–Kier alpha value is -3.28. The summed E-state index contributed by atoms with van der Waals surface area (Å²) in [7, 11) is 1.99. The molecule has 0 saturated carbocycles. The van der Waals surface area contributed by atoms with E-state index < -0.39 is 5.97 Å². The molecule has 0 amide bonds. The van der Waals surface area contributed by atoms with Crippen LogP contribution in [0.3, 0.4) is 0 Å². The standard InChI is InChI=1S/C24H26N4O2/c1-16-13-26-24(27-14-16)28(2)20-8-9-21-17(4-3-5-18(21)12-20)6-7-19-15-25-11-10-22(19)23(29)30/h8-15,17H,3-7H2,1-2H3,(H,29,30)/t17-/m0/s1.